The molecule has 1 aliphatic rings. The van der Waals surface area contributed by atoms with Gasteiger partial charge in [-0.15, -0.1) is 11.3 Å². The monoisotopic (exact) mass is 520 g/mol. The van der Waals surface area contributed by atoms with Crippen LogP contribution in [0, 0.1) is 17.0 Å². The number of aryl methyl sites for hydroxylation is 2. The Morgan fingerprint density at radius 3 is 2.69 bits per heavy atom. The van der Waals surface area contributed by atoms with E-state index in [0.29, 0.717) is 16.1 Å². The molecule has 3 rings (SSSR count). The Morgan fingerprint density at radius 1 is 1.23 bits per heavy atom. The first-order valence-electron chi connectivity index (χ1n) is 11.3. The van der Waals surface area contributed by atoms with Gasteiger partial charge in [-0.1, -0.05) is 12.5 Å². The number of benzene rings is 1. The largest absolute Gasteiger partial charge is 0.474 e. The highest BCUT2D eigenvalue weighted by Crippen LogP contribution is 2.38. The summed E-state index contributed by atoms with van der Waals surface area (Å²) < 4.78 is 10.8. The summed E-state index contributed by atoms with van der Waals surface area (Å²) in [4.78, 5) is 37.0. The third kappa shape index (κ3) is 6.67. The molecule has 1 unspecified atom stereocenters. The fraction of sp³-hybridized carbons (Fsp3) is 0.435. The van der Waals surface area contributed by atoms with Gasteiger partial charge in [-0.25, -0.2) is 4.79 Å². The average molecular weight is 521 g/mol. The Hall–Kier alpha value is -3.25. The molecule has 35 heavy (non-hydrogen) atoms. The van der Waals surface area contributed by atoms with Crippen LogP contribution < -0.4 is 20.9 Å². The van der Waals surface area contributed by atoms with Crippen LogP contribution in [-0.2, 0) is 22.4 Å². The van der Waals surface area contributed by atoms with Gasteiger partial charge in [-0.2, -0.15) is 0 Å². The Labute approximate surface area is 212 Å². The van der Waals surface area contributed by atoms with E-state index in [1.54, 1.807) is 19.9 Å². The fourth-order valence-corrected chi connectivity index (χ4v) is 5.22. The van der Waals surface area contributed by atoms with Crippen molar-refractivity contribution in [1.29, 1.82) is 0 Å². The molecule has 0 spiro atoms. The summed E-state index contributed by atoms with van der Waals surface area (Å²) in [6.45, 7) is 5.21. The molecule has 1 amide bonds. The van der Waals surface area contributed by atoms with Crippen molar-refractivity contribution in [3.63, 3.8) is 0 Å². The minimum atomic E-state index is -1.04. The van der Waals surface area contributed by atoms with Crippen LogP contribution >= 0.6 is 23.6 Å². The molecular weight excluding hydrogens is 492 g/mol. The zero-order valence-electron chi connectivity index (χ0n) is 19.8. The van der Waals surface area contributed by atoms with Gasteiger partial charge in [0.15, 0.2) is 17.0 Å². The van der Waals surface area contributed by atoms with Crippen LogP contribution in [0.2, 0.25) is 0 Å². The first kappa shape index (κ1) is 26.4. The predicted molar refractivity (Wildman–Crippen MR) is 137 cm³/mol. The van der Waals surface area contributed by atoms with Crippen molar-refractivity contribution in [2.45, 2.75) is 59.0 Å². The smallest absolute Gasteiger partial charge is 0.341 e. The topological polar surface area (TPSA) is 132 Å². The van der Waals surface area contributed by atoms with Crippen LogP contribution in [-0.4, -0.2) is 34.6 Å². The Bertz CT molecular complexity index is 1130. The number of nitrogens with one attached hydrogen (secondary N) is 3. The highest BCUT2D eigenvalue weighted by atomic mass is 32.1. The van der Waals surface area contributed by atoms with E-state index in [2.05, 4.69) is 16.2 Å². The third-order valence-corrected chi connectivity index (χ3v) is 6.82. The molecule has 12 heteroatoms. The number of ether oxygens (including phenoxy) is 2. The number of nitro benzene ring substituents is 1. The number of thiophene rings is 1. The van der Waals surface area contributed by atoms with E-state index < -0.39 is 22.9 Å². The van der Waals surface area contributed by atoms with Crippen molar-refractivity contribution in [3.8, 4) is 5.75 Å². The van der Waals surface area contributed by atoms with Crippen LogP contribution in [0.3, 0.4) is 0 Å². The number of nitro groups is 1. The van der Waals surface area contributed by atoms with Gasteiger partial charge < -0.3 is 14.8 Å². The highest BCUT2D eigenvalue weighted by Gasteiger charge is 2.26. The lowest BCUT2D eigenvalue weighted by Crippen LogP contribution is -2.48. The average Bonchev–Trinajstić information content (AvgIpc) is 2.98. The van der Waals surface area contributed by atoms with Crippen LogP contribution in [0.5, 0.6) is 5.75 Å². The lowest BCUT2D eigenvalue weighted by Gasteiger charge is -2.16. The summed E-state index contributed by atoms with van der Waals surface area (Å²) in [5.74, 6) is -0.998. The summed E-state index contributed by atoms with van der Waals surface area (Å²) in [6, 6.07) is 4.49. The fourth-order valence-electron chi connectivity index (χ4n) is 3.72. The lowest BCUT2D eigenvalue weighted by atomic mass is 10.1. The maximum atomic E-state index is 12.7. The zero-order valence-corrected chi connectivity index (χ0v) is 21.4. The number of rotatable bonds is 7. The summed E-state index contributed by atoms with van der Waals surface area (Å²) in [7, 11) is 0. The summed E-state index contributed by atoms with van der Waals surface area (Å²) in [5.41, 5.74) is 7.00. The van der Waals surface area contributed by atoms with Crippen molar-refractivity contribution >= 4 is 51.2 Å². The third-order valence-electron chi connectivity index (χ3n) is 5.41. The molecule has 1 atom stereocenters. The van der Waals surface area contributed by atoms with Gasteiger partial charge in [0.2, 0.25) is 0 Å². The maximum Gasteiger partial charge on any atom is 0.341 e. The second-order valence-corrected chi connectivity index (χ2v) is 9.56. The van der Waals surface area contributed by atoms with Gasteiger partial charge in [-0.05, 0) is 75.9 Å². The summed E-state index contributed by atoms with van der Waals surface area (Å²) in [6.07, 6.45) is 3.84. The van der Waals surface area contributed by atoms with Crippen molar-refractivity contribution in [2.75, 3.05) is 11.9 Å². The summed E-state index contributed by atoms with van der Waals surface area (Å²) in [5, 5.41) is 14.9. The van der Waals surface area contributed by atoms with Crippen molar-refractivity contribution in [2.24, 2.45) is 0 Å². The number of amides is 1. The normalized spacial score (nSPS) is 13.6. The Kier molecular flexibility index (Phi) is 8.99. The molecule has 0 saturated carbocycles. The van der Waals surface area contributed by atoms with E-state index in [9.17, 15) is 19.7 Å². The summed E-state index contributed by atoms with van der Waals surface area (Å²) >= 11 is 6.77. The number of anilines is 1. The second kappa shape index (κ2) is 11.9. The Balaban J connectivity index is 1.64. The molecule has 0 saturated heterocycles. The molecule has 0 fully saturated rings. The molecule has 188 valence electrons. The zero-order chi connectivity index (χ0) is 25.5. The van der Waals surface area contributed by atoms with Crippen molar-refractivity contribution < 1.29 is 24.0 Å². The van der Waals surface area contributed by atoms with Gasteiger partial charge in [0, 0.05) is 10.9 Å². The standard InChI is InChI=1S/C23H28N4O6S2/c1-4-32-22(29)19-15-8-6-5-7-9-18(15)35-21(19)24-23(34)26-25-20(28)14(3)33-17-11-10-13(2)12-16(17)27(30)31/h10-12,14H,4-9H2,1-3H3,(H,25,28)(H2,24,26,34). The molecule has 1 aromatic carbocycles. The van der Waals surface area contributed by atoms with E-state index in [1.807, 2.05) is 0 Å². The minimum Gasteiger partial charge on any atom is -0.474 e. The van der Waals surface area contributed by atoms with Crippen LogP contribution in [0.15, 0.2) is 18.2 Å². The molecule has 0 bridgehead atoms. The highest BCUT2D eigenvalue weighted by molar-refractivity contribution is 7.80. The molecule has 1 aromatic heterocycles. The molecule has 1 heterocycles. The van der Waals surface area contributed by atoms with E-state index in [-0.39, 0.29) is 23.2 Å². The first-order valence-corrected chi connectivity index (χ1v) is 12.5. The predicted octanol–water partition coefficient (Wildman–Crippen LogP) is 4.20. The molecule has 0 aliphatic heterocycles. The SMILES string of the molecule is CCOC(=O)c1c(NC(=S)NNC(=O)C(C)Oc2ccc(C)cc2[N+](=O)[O-])sc2c1CCCCC2. The Morgan fingerprint density at radius 2 is 1.97 bits per heavy atom. The maximum absolute atomic E-state index is 12.7. The van der Waals surface area contributed by atoms with Crippen molar-refractivity contribution in [1.82, 2.24) is 10.9 Å². The number of fused-ring (bicyclic) bond motifs is 1. The van der Waals surface area contributed by atoms with Crippen LogP contribution in [0.1, 0.15) is 59.5 Å². The second-order valence-electron chi connectivity index (χ2n) is 8.05. The minimum absolute atomic E-state index is 0.0110. The van der Waals surface area contributed by atoms with E-state index in [0.717, 1.165) is 42.5 Å². The van der Waals surface area contributed by atoms with Gasteiger partial charge >= 0.3 is 11.7 Å². The van der Waals surface area contributed by atoms with Crippen LogP contribution in [0.4, 0.5) is 10.7 Å². The number of esters is 1. The molecule has 0 radical (unpaired) electrons. The molecule has 3 N–H and O–H groups in total. The number of hydrazine groups is 1. The number of carbonyl (C=O) groups excluding carboxylic acids is 2. The van der Waals surface area contributed by atoms with Gasteiger partial charge in [0.1, 0.15) is 5.00 Å². The molecule has 1 aliphatic carbocycles. The molecular formula is C23H28N4O6S2. The lowest BCUT2D eigenvalue weighted by molar-refractivity contribution is -0.386. The number of nitrogens with zero attached hydrogens (tertiary/aromatic N) is 1. The van der Waals surface area contributed by atoms with Crippen molar-refractivity contribution in [3.05, 3.63) is 49.9 Å². The number of hydrogen-bond donors (Lipinski definition) is 3. The molecule has 10 nitrogen and oxygen atoms in total. The van der Waals surface area contributed by atoms with E-state index in [1.165, 1.54) is 30.4 Å². The van der Waals surface area contributed by atoms with E-state index in [4.69, 9.17) is 21.7 Å². The van der Waals surface area contributed by atoms with E-state index >= 15 is 0 Å². The number of thiocarbonyl (C=S) groups is 1. The van der Waals surface area contributed by atoms with Crippen LogP contribution in [0.25, 0.3) is 0 Å². The van der Waals surface area contributed by atoms with Gasteiger partial charge in [-0.3, -0.25) is 25.8 Å². The quantitative estimate of drug-likeness (QED) is 0.162. The van der Waals surface area contributed by atoms with Gasteiger partial charge in [0.05, 0.1) is 17.1 Å². The van der Waals surface area contributed by atoms with Gasteiger partial charge in [0.25, 0.3) is 5.91 Å². The molecule has 2 aromatic rings. The number of hydrogen-bond acceptors (Lipinski definition) is 8. The number of carbonyl (C=O) groups is 2. The first-order chi connectivity index (χ1) is 16.7.